The van der Waals surface area contributed by atoms with Crippen LogP contribution in [-0.4, -0.2) is 19.4 Å². The van der Waals surface area contributed by atoms with Gasteiger partial charge in [0.1, 0.15) is 4.99 Å². The van der Waals surface area contributed by atoms with E-state index in [1.54, 1.807) is 19.1 Å². The van der Waals surface area contributed by atoms with E-state index in [4.69, 9.17) is 18.0 Å². The number of nitrogens with one attached hydrogen (secondary N) is 1. The van der Waals surface area contributed by atoms with E-state index in [2.05, 4.69) is 4.72 Å². The maximum absolute atomic E-state index is 12.1. The predicted molar refractivity (Wildman–Crippen MR) is 70.4 cm³/mol. The molecule has 0 aromatic heterocycles. The molecule has 0 radical (unpaired) electrons. The molecule has 1 saturated carbocycles. The highest BCUT2D eigenvalue weighted by Gasteiger charge is 2.28. The molecule has 0 aliphatic heterocycles. The molecule has 2 rings (SSSR count). The van der Waals surface area contributed by atoms with E-state index in [1.165, 1.54) is 6.07 Å². The van der Waals surface area contributed by atoms with Crippen molar-refractivity contribution in [2.24, 2.45) is 5.73 Å². The number of benzene rings is 1. The van der Waals surface area contributed by atoms with Crippen LogP contribution in [-0.2, 0) is 10.0 Å². The Morgan fingerprint density at radius 1 is 1.47 bits per heavy atom. The molecule has 1 aromatic rings. The third-order valence-corrected chi connectivity index (χ3v) is 4.56. The van der Waals surface area contributed by atoms with Gasteiger partial charge in [0.05, 0.1) is 4.90 Å². The van der Waals surface area contributed by atoms with Gasteiger partial charge in [-0.05, 0) is 31.4 Å². The van der Waals surface area contributed by atoms with Crippen molar-refractivity contribution < 1.29 is 8.42 Å². The highest BCUT2D eigenvalue weighted by Crippen LogP contribution is 2.24. The molecule has 92 valence electrons. The van der Waals surface area contributed by atoms with Crippen molar-refractivity contribution in [2.45, 2.75) is 30.7 Å². The predicted octanol–water partition coefficient (Wildman–Crippen LogP) is 1.07. The highest BCUT2D eigenvalue weighted by atomic mass is 32.2. The van der Waals surface area contributed by atoms with Crippen molar-refractivity contribution in [3.05, 3.63) is 29.3 Å². The molecule has 0 amide bonds. The van der Waals surface area contributed by atoms with Crippen molar-refractivity contribution in [1.29, 1.82) is 0 Å². The van der Waals surface area contributed by atoms with E-state index in [-0.39, 0.29) is 15.9 Å². The SMILES string of the molecule is Cc1ccc(C(N)=S)cc1S(=O)(=O)NC1CC1. The Bertz CT molecular complexity index is 563. The van der Waals surface area contributed by atoms with Crippen LogP contribution in [0.15, 0.2) is 23.1 Å². The van der Waals surface area contributed by atoms with Gasteiger partial charge in [-0.15, -0.1) is 0 Å². The molecule has 0 atom stereocenters. The first-order valence-corrected chi connectivity index (χ1v) is 7.22. The standard InChI is InChI=1S/C11H14N2O2S2/c1-7-2-3-8(11(12)16)6-10(7)17(14,15)13-9-4-5-9/h2-3,6,9,13H,4-5H2,1H3,(H2,12,16). The van der Waals surface area contributed by atoms with Crippen LogP contribution in [0.2, 0.25) is 0 Å². The molecule has 1 fully saturated rings. The van der Waals surface area contributed by atoms with E-state index in [1.807, 2.05) is 0 Å². The van der Waals surface area contributed by atoms with E-state index < -0.39 is 10.0 Å². The van der Waals surface area contributed by atoms with Crippen molar-refractivity contribution in [3.8, 4) is 0 Å². The molecule has 1 aliphatic carbocycles. The van der Waals surface area contributed by atoms with E-state index in [0.29, 0.717) is 11.1 Å². The number of nitrogens with two attached hydrogens (primary N) is 1. The first kappa shape index (κ1) is 12.5. The van der Waals surface area contributed by atoms with Crippen LogP contribution in [0.1, 0.15) is 24.0 Å². The van der Waals surface area contributed by atoms with E-state index in [9.17, 15) is 8.42 Å². The van der Waals surface area contributed by atoms with Crippen LogP contribution in [0, 0.1) is 6.92 Å². The average Bonchev–Trinajstić information content (AvgIpc) is 3.00. The Labute approximate surface area is 106 Å². The number of sulfonamides is 1. The third kappa shape index (κ3) is 2.83. The zero-order valence-corrected chi connectivity index (χ0v) is 11.1. The molecule has 4 nitrogen and oxygen atoms in total. The summed E-state index contributed by atoms with van der Waals surface area (Å²) in [6.45, 7) is 1.75. The van der Waals surface area contributed by atoms with Crippen LogP contribution < -0.4 is 10.5 Å². The Balaban J connectivity index is 2.42. The van der Waals surface area contributed by atoms with Gasteiger partial charge in [-0.2, -0.15) is 0 Å². The van der Waals surface area contributed by atoms with Crippen molar-refractivity contribution in [2.75, 3.05) is 0 Å². The third-order valence-electron chi connectivity index (χ3n) is 2.66. The largest absolute Gasteiger partial charge is 0.389 e. The molecule has 0 unspecified atom stereocenters. The summed E-state index contributed by atoms with van der Waals surface area (Å²) >= 11 is 4.85. The second-order valence-corrected chi connectivity index (χ2v) is 6.36. The summed E-state index contributed by atoms with van der Waals surface area (Å²) in [7, 11) is -3.45. The van der Waals surface area contributed by atoms with Crippen molar-refractivity contribution >= 4 is 27.2 Å². The van der Waals surface area contributed by atoms with E-state index >= 15 is 0 Å². The van der Waals surface area contributed by atoms with Gasteiger partial charge in [-0.3, -0.25) is 0 Å². The maximum Gasteiger partial charge on any atom is 0.241 e. The fourth-order valence-electron chi connectivity index (χ4n) is 1.53. The maximum atomic E-state index is 12.1. The normalized spacial score (nSPS) is 15.8. The van der Waals surface area contributed by atoms with Gasteiger partial charge in [0.2, 0.25) is 10.0 Å². The molecule has 6 heteroatoms. The summed E-state index contributed by atoms with van der Waals surface area (Å²) in [6.07, 6.45) is 1.82. The Kier molecular flexibility index (Phi) is 3.20. The zero-order chi connectivity index (χ0) is 12.6. The van der Waals surface area contributed by atoms with Crippen LogP contribution >= 0.6 is 12.2 Å². The van der Waals surface area contributed by atoms with Crippen molar-refractivity contribution in [1.82, 2.24) is 4.72 Å². The van der Waals surface area contributed by atoms with Gasteiger partial charge < -0.3 is 5.73 Å². The molecule has 1 aromatic carbocycles. The minimum Gasteiger partial charge on any atom is -0.389 e. The van der Waals surface area contributed by atoms with Crippen LogP contribution in [0.4, 0.5) is 0 Å². The first-order chi connectivity index (χ1) is 7.90. The Morgan fingerprint density at radius 2 is 2.12 bits per heavy atom. The minimum atomic E-state index is -3.45. The molecule has 0 bridgehead atoms. The van der Waals surface area contributed by atoms with Gasteiger partial charge in [0, 0.05) is 11.6 Å². The molecule has 17 heavy (non-hydrogen) atoms. The summed E-state index contributed by atoms with van der Waals surface area (Å²) in [4.78, 5) is 0.461. The monoisotopic (exact) mass is 270 g/mol. The number of thiocarbonyl (C=S) groups is 1. The quantitative estimate of drug-likeness (QED) is 0.803. The molecule has 0 heterocycles. The fourth-order valence-corrected chi connectivity index (χ4v) is 3.23. The van der Waals surface area contributed by atoms with Crippen molar-refractivity contribution in [3.63, 3.8) is 0 Å². The zero-order valence-electron chi connectivity index (χ0n) is 9.43. The number of rotatable bonds is 4. The Hall–Kier alpha value is -0.980. The summed E-state index contributed by atoms with van der Waals surface area (Å²) in [5, 5.41) is 0. The lowest BCUT2D eigenvalue weighted by atomic mass is 10.1. The fraction of sp³-hybridized carbons (Fsp3) is 0.364. The van der Waals surface area contributed by atoms with Gasteiger partial charge >= 0.3 is 0 Å². The number of aryl methyl sites for hydroxylation is 1. The summed E-state index contributed by atoms with van der Waals surface area (Å²) in [6, 6.07) is 5.07. The van der Waals surface area contributed by atoms with Gasteiger partial charge in [-0.25, -0.2) is 13.1 Å². The molecule has 1 aliphatic rings. The molecule has 0 spiro atoms. The van der Waals surface area contributed by atoms with E-state index in [0.717, 1.165) is 12.8 Å². The highest BCUT2D eigenvalue weighted by molar-refractivity contribution is 7.89. The lowest BCUT2D eigenvalue weighted by Gasteiger charge is -2.10. The minimum absolute atomic E-state index is 0.0906. The lowest BCUT2D eigenvalue weighted by Crippen LogP contribution is -2.26. The smallest absolute Gasteiger partial charge is 0.241 e. The molecule has 0 saturated heterocycles. The van der Waals surface area contributed by atoms with Gasteiger partial charge in [0.15, 0.2) is 0 Å². The second-order valence-electron chi connectivity index (χ2n) is 4.24. The molecular weight excluding hydrogens is 256 g/mol. The number of hydrogen-bond acceptors (Lipinski definition) is 3. The van der Waals surface area contributed by atoms with Crippen LogP contribution in [0.25, 0.3) is 0 Å². The van der Waals surface area contributed by atoms with Crippen LogP contribution in [0.5, 0.6) is 0 Å². The van der Waals surface area contributed by atoms with Crippen LogP contribution in [0.3, 0.4) is 0 Å². The average molecular weight is 270 g/mol. The molecular formula is C11H14N2O2S2. The Morgan fingerprint density at radius 3 is 2.65 bits per heavy atom. The topological polar surface area (TPSA) is 72.2 Å². The summed E-state index contributed by atoms with van der Waals surface area (Å²) in [5.41, 5.74) is 6.77. The summed E-state index contributed by atoms with van der Waals surface area (Å²) in [5.74, 6) is 0. The number of hydrogen-bond donors (Lipinski definition) is 2. The molecule has 3 N–H and O–H groups in total. The first-order valence-electron chi connectivity index (χ1n) is 5.33. The van der Waals surface area contributed by atoms with Gasteiger partial charge in [-0.1, -0.05) is 24.4 Å². The van der Waals surface area contributed by atoms with Gasteiger partial charge in [0.25, 0.3) is 0 Å². The lowest BCUT2D eigenvalue weighted by molar-refractivity contribution is 0.580. The summed E-state index contributed by atoms with van der Waals surface area (Å²) < 4.78 is 26.8. The second kappa shape index (κ2) is 4.36.